The molecule has 0 saturated heterocycles. The maximum atomic E-state index is 12.3. The molecule has 1 rings (SSSR count). The lowest BCUT2D eigenvalue weighted by Gasteiger charge is -2.20. The summed E-state index contributed by atoms with van der Waals surface area (Å²) in [5.74, 6) is -1.98. The summed E-state index contributed by atoms with van der Waals surface area (Å²) >= 11 is 0. The molecule has 8 nitrogen and oxygen atoms in total. The molecule has 0 aliphatic rings. The fourth-order valence-corrected chi connectivity index (χ4v) is 2.02. The van der Waals surface area contributed by atoms with Crippen molar-refractivity contribution >= 4 is 24.3 Å². The molecule has 0 bridgehead atoms. The highest BCUT2D eigenvalue weighted by Gasteiger charge is 2.28. The fraction of sp³-hybridized carbons (Fsp3) is 0.375. The van der Waals surface area contributed by atoms with Gasteiger partial charge in [-0.05, 0) is 5.56 Å². The number of ether oxygens (including phenoxy) is 2. The molecule has 1 aromatic carbocycles. The van der Waals surface area contributed by atoms with Crippen molar-refractivity contribution in [3.63, 3.8) is 0 Å². The Hall–Kier alpha value is -2.90. The predicted molar refractivity (Wildman–Crippen MR) is 83.7 cm³/mol. The van der Waals surface area contributed by atoms with E-state index in [0.717, 1.165) is 5.56 Å². The van der Waals surface area contributed by atoms with E-state index >= 15 is 0 Å². The molecule has 24 heavy (non-hydrogen) atoms. The molecule has 0 aromatic heterocycles. The molecule has 2 amide bonds. The van der Waals surface area contributed by atoms with Crippen LogP contribution in [-0.4, -0.2) is 50.6 Å². The highest BCUT2D eigenvalue weighted by Crippen LogP contribution is 2.05. The maximum Gasteiger partial charge on any atom is 0.328 e. The number of amides is 2. The van der Waals surface area contributed by atoms with E-state index < -0.39 is 29.9 Å². The van der Waals surface area contributed by atoms with Crippen LogP contribution in [-0.2, 0) is 35.1 Å². The van der Waals surface area contributed by atoms with Gasteiger partial charge in [0.05, 0.1) is 20.6 Å². The van der Waals surface area contributed by atoms with Crippen LogP contribution in [0.1, 0.15) is 12.0 Å². The Labute approximate surface area is 139 Å². The van der Waals surface area contributed by atoms with E-state index in [0.29, 0.717) is 6.41 Å². The largest absolute Gasteiger partial charge is 0.469 e. The maximum absolute atomic E-state index is 12.3. The molecule has 0 spiro atoms. The minimum atomic E-state index is -1.14. The molecule has 0 unspecified atom stereocenters. The van der Waals surface area contributed by atoms with Crippen molar-refractivity contribution in [2.75, 3.05) is 14.2 Å². The Bertz CT molecular complexity index is 575. The van der Waals surface area contributed by atoms with Crippen LogP contribution in [0.5, 0.6) is 0 Å². The van der Waals surface area contributed by atoms with Crippen LogP contribution in [0.3, 0.4) is 0 Å². The van der Waals surface area contributed by atoms with Gasteiger partial charge in [0.1, 0.15) is 12.1 Å². The van der Waals surface area contributed by atoms with Crippen molar-refractivity contribution in [2.45, 2.75) is 24.9 Å². The van der Waals surface area contributed by atoms with E-state index in [9.17, 15) is 19.2 Å². The minimum Gasteiger partial charge on any atom is -0.469 e. The monoisotopic (exact) mass is 336 g/mol. The van der Waals surface area contributed by atoms with Crippen molar-refractivity contribution in [1.82, 2.24) is 10.6 Å². The van der Waals surface area contributed by atoms with Crippen molar-refractivity contribution in [3.05, 3.63) is 35.9 Å². The Kier molecular flexibility index (Phi) is 7.97. The molecule has 0 saturated carbocycles. The fourth-order valence-electron chi connectivity index (χ4n) is 2.02. The number of hydrogen-bond acceptors (Lipinski definition) is 6. The Morgan fingerprint density at radius 2 is 1.75 bits per heavy atom. The van der Waals surface area contributed by atoms with Crippen LogP contribution in [0, 0.1) is 0 Å². The van der Waals surface area contributed by atoms with E-state index in [-0.39, 0.29) is 12.8 Å². The molecule has 0 aliphatic heterocycles. The van der Waals surface area contributed by atoms with Crippen LogP contribution in [0.2, 0.25) is 0 Å². The van der Waals surface area contributed by atoms with Crippen molar-refractivity contribution in [2.24, 2.45) is 0 Å². The van der Waals surface area contributed by atoms with Gasteiger partial charge in [-0.15, -0.1) is 0 Å². The van der Waals surface area contributed by atoms with Crippen LogP contribution in [0.4, 0.5) is 0 Å². The highest BCUT2D eigenvalue weighted by atomic mass is 16.5. The third-order valence-corrected chi connectivity index (χ3v) is 3.27. The van der Waals surface area contributed by atoms with Gasteiger partial charge in [-0.25, -0.2) is 4.79 Å². The summed E-state index contributed by atoms with van der Waals surface area (Å²) in [4.78, 5) is 46.1. The third kappa shape index (κ3) is 6.07. The Morgan fingerprint density at radius 1 is 1.08 bits per heavy atom. The first-order chi connectivity index (χ1) is 11.5. The lowest BCUT2D eigenvalue weighted by Crippen LogP contribution is -2.51. The molecule has 1 aromatic rings. The number of nitrogens with one attached hydrogen (secondary N) is 2. The van der Waals surface area contributed by atoms with Crippen LogP contribution >= 0.6 is 0 Å². The topological polar surface area (TPSA) is 111 Å². The normalized spacial score (nSPS) is 12.4. The van der Waals surface area contributed by atoms with Gasteiger partial charge in [-0.1, -0.05) is 30.3 Å². The van der Waals surface area contributed by atoms with E-state index in [1.165, 1.54) is 14.2 Å². The zero-order chi connectivity index (χ0) is 17.9. The lowest BCUT2D eigenvalue weighted by molar-refractivity contribution is -0.146. The molecule has 8 heteroatoms. The van der Waals surface area contributed by atoms with Gasteiger partial charge in [0.15, 0.2) is 0 Å². The smallest absolute Gasteiger partial charge is 0.328 e. The van der Waals surface area contributed by atoms with Crippen molar-refractivity contribution in [1.29, 1.82) is 0 Å². The number of methoxy groups -OCH3 is 2. The van der Waals surface area contributed by atoms with Gasteiger partial charge < -0.3 is 20.1 Å². The van der Waals surface area contributed by atoms with E-state index in [4.69, 9.17) is 4.74 Å². The first-order valence-electron chi connectivity index (χ1n) is 7.20. The average molecular weight is 336 g/mol. The summed E-state index contributed by atoms with van der Waals surface area (Å²) in [7, 11) is 2.38. The molecule has 0 fully saturated rings. The number of rotatable bonds is 9. The second-order valence-corrected chi connectivity index (χ2v) is 4.89. The second kappa shape index (κ2) is 9.98. The van der Waals surface area contributed by atoms with Gasteiger partial charge in [0, 0.05) is 6.42 Å². The zero-order valence-corrected chi connectivity index (χ0v) is 13.5. The lowest BCUT2D eigenvalue weighted by atomic mass is 10.1. The molecule has 0 heterocycles. The summed E-state index contributed by atoms with van der Waals surface area (Å²) in [6.07, 6.45) is 0.170. The van der Waals surface area contributed by atoms with Crippen molar-refractivity contribution in [3.8, 4) is 0 Å². The molecular weight excluding hydrogens is 316 g/mol. The molecule has 130 valence electrons. The quantitative estimate of drug-likeness (QED) is 0.467. The summed E-state index contributed by atoms with van der Waals surface area (Å²) in [5, 5.41) is 4.72. The van der Waals surface area contributed by atoms with Gasteiger partial charge in [-0.3, -0.25) is 14.4 Å². The van der Waals surface area contributed by atoms with Gasteiger partial charge in [0.25, 0.3) is 0 Å². The number of benzene rings is 1. The third-order valence-electron chi connectivity index (χ3n) is 3.27. The van der Waals surface area contributed by atoms with Crippen LogP contribution in [0.25, 0.3) is 0 Å². The SMILES string of the molecule is COC(=O)C[C@H](NC=O)C(=O)N[C@@H](Cc1ccccc1)C(=O)OC. The summed E-state index contributed by atoms with van der Waals surface area (Å²) in [6.45, 7) is 0. The predicted octanol–water partition coefficient (Wildman–Crippen LogP) is -0.435. The number of carbonyl (C=O) groups is 4. The molecule has 0 radical (unpaired) electrons. The summed E-state index contributed by atoms with van der Waals surface area (Å²) < 4.78 is 9.17. The minimum absolute atomic E-state index is 0.214. The molecule has 2 atom stereocenters. The Balaban J connectivity index is 2.82. The van der Waals surface area contributed by atoms with Gasteiger partial charge in [-0.2, -0.15) is 0 Å². The first-order valence-corrected chi connectivity index (χ1v) is 7.20. The molecular formula is C16H20N2O6. The number of esters is 2. The number of carbonyl (C=O) groups excluding carboxylic acids is 4. The summed E-state index contributed by atoms with van der Waals surface area (Å²) in [6, 6.07) is 6.96. The number of hydrogen-bond donors (Lipinski definition) is 2. The second-order valence-electron chi connectivity index (χ2n) is 4.89. The standard InChI is InChI=1S/C16H20N2O6/c1-23-14(20)9-12(17-10-19)15(21)18-13(16(22)24-2)8-11-6-4-3-5-7-11/h3-7,10,12-13H,8-9H2,1-2H3,(H,17,19)(H,18,21)/t12-,13-/m0/s1. The van der Waals surface area contributed by atoms with Crippen LogP contribution < -0.4 is 10.6 Å². The Morgan fingerprint density at radius 3 is 2.29 bits per heavy atom. The highest BCUT2D eigenvalue weighted by molar-refractivity contribution is 5.91. The van der Waals surface area contributed by atoms with Crippen LogP contribution in [0.15, 0.2) is 30.3 Å². The van der Waals surface area contributed by atoms with E-state index in [1.54, 1.807) is 24.3 Å². The molecule has 0 aliphatic carbocycles. The van der Waals surface area contributed by atoms with Gasteiger partial charge in [0.2, 0.25) is 12.3 Å². The summed E-state index contributed by atoms with van der Waals surface area (Å²) in [5.41, 5.74) is 0.820. The molecule has 2 N–H and O–H groups in total. The first kappa shape index (κ1) is 19.1. The van der Waals surface area contributed by atoms with E-state index in [2.05, 4.69) is 15.4 Å². The zero-order valence-electron chi connectivity index (χ0n) is 13.5. The average Bonchev–Trinajstić information content (AvgIpc) is 2.60. The van der Waals surface area contributed by atoms with Crippen molar-refractivity contribution < 1.29 is 28.7 Å². The van der Waals surface area contributed by atoms with Gasteiger partial charge >= 0.3 is 11.9 Å². The van der Waals surface area contributed by atoms with E-state index in [1.807, 2.05) is 6.07 Å².